The van der Waals surface area contributed by atoms with Gasteiger partial charge in [0.25, 0.3) is 5.91 Å². The highest BCUT2D eigenvalue weighted by molar-refractivity contribution is 5.98. The lowest BCUT2D eigenvalue weighted by Crippen LogP contribution is -2.14. The van der Waals surface area contributed by atoms with Gasteiger partial charge in [-0.1, -0.05) is 31.2 Å². The largest absolute Gasteiger partial charge is 0.398 e. The molecule has 0 saturated carbocycles. The van der Waals surface area contributed by atoms with Gasteiger partial charge in [-0.25, -0.2) is 0 Å². The van der Waals surface area contributed by atoms with Gasteiger partial charge in [0.1, 0.15) is 0 Å². The van der Waals surface area contributed by atoms with Gasteiger partial charge in [-0.3, -0.25) is 4.79 Å². The second-order valence-electron chi connectivity index (χ2n) is 4.64. The van der Waals surface area contributed by atoms with Crippen LogP contribution in [0.3, 0.4) is 0 Å². The van der Waals surface area contributed by atoms with Crippen LogP contribution in [0.15, 0.2) is 42.5 Å². The Bertz CT molecular complexity index is 623. The zero-order valence-corrected chi connectivity index (χ0v) is 11.5. The number of nitrogens with one attached hydrogen (secondary N) is 1. The molecule has 0 aliphatic rings. The third-order valence-electron chi connectivity index (χ3n) is 3.30. The Kier molecular flexibility index (Phi) is 4.25. The molecule has 2 rings (SSSR count). The number of carbonyl (C=O) groups is 1. The maximum absolute atomic E-state index is 11.3. The number of primary amides is 1. The normalized spacial score (nSPS) is 10.2. The van der Waals surface area contributed by atoms with Crippen molar-refractivity contribution in [2.75, 3.05) is 11.1 Å². The Balaban J connectivity index is 2.15. The predicted octanol–water partition coefficient (Wildman–Crippen LogP) is 2.54. The lowest BCUT2D eigenvalue weighted by atomic mass is 10.1. The molecule has 0 atom stereocenters. The van der Waals surface area contributed by atoms with Gasteiger partial charge in [0.05, 0.1) is 5.56 Å². The standard InChI is InChI=1S/C16H19N3O/c1-2-11-5-3-4-6-12(11)10-19-13-7-8-15(17)14(9-13)16(18)20/h3-9,19H,2,10,17H2,1H3,(H2,18,20). The van der Waals surface area contributed by atoms with Crippen LogP contribution in [-0.4, -0.2) is 5.91 Å². The van der Waals surface area contributed by atoms with Crippen molar-refractivity contribution < 1.29 is 4.79 Å². The van der Waals surface area contributed by atoms with E-state index < -0.39 is 5.91 Å². The van der Waals surface area contributed by atoms with E-state index in [4.69, 9.17) is 11.5 Å². The Hall–Kier alpha value is -2.49. The van der Waals surface area contributed by atoms with Crippen LogP contribution < -0.4 is 16.8 Å². The number of aryl methyl sites for hydroxylation is 1. The van der Waals surface area contributed by atoms with Crippen LogP contribution in [0.1, 0.15) is 28.4 Å². The zero-order chi connectivity index (χ0) is 14.5. The van der Waals surface area contributed by atoms with Crippen LogP contribution in [-0.2, 0) is 13.0 Å². The van der Waals surface area contributed by atoms with Crippen molar-refractivity contribution in [3.63, 3.8) is 0 Å². The molecule has 0 saturated heterocycles. The fraction of sp³-hybridized carbons (Fsp3) is 0.188. The average molecular weight is 269 g/mol. The van der Waals surface area contributed by atoms with Gasteiger partial charge < -0.3 is 16.8 Å². The van der Waals surface area contributed by atoms with E-state index >= 15 is 0 Å². The van der Waals surface area contributed by atoms with Crippen molar-refractivity contribution >= 4 is 17.3 Å². The average Bonchev–Trinajstić information content (AvgIpc) is 2.46. The molecule has 0 aromatic heterocycles. The van der Waals surface area contributed by atoms with E-state index in [1.165, 1.54) is 11.1 Å². The molecule has 0 radical (unpaired) electrons. The van der Waals surface area contributed by atoms with Gasteiger partial charge in [-0.05, 0) is 35.7 Å². The summed E-state index contributed by atoms with van der Waals surface area (Å²) in [6, 6.07) is 13.5. The van der Waals surface area contributed by atoms with Crippen molar-refractivity contribution in [3.8, 4) is 0 Å². The van der Waals surface area contributed by atoms with Crippen LogP contribution >= 0.6 is 0 Å². The molecule has 0 heterocycles. The van der Waals surface area contributed by atoms with E-state index in [0.717, 1.165) is 12.1 Å². The summed E-state index contributed by atoms with van der Waals surface area (Å²) >= 11 is 0. The summed E-state index contributed by atoms with van der Waals surface area (Å²) in [5.74, 6) is -0.514. The van der Waals surface area contributed by atoms with Gasteiger partial charge in [0, 0.05) is 17.9 Å². The van der Waals surface area contributed by atoms with Crippen molar-refractivity contribution in [1.29, 1.82) is 0 Å². The van der Waals surface area contributed by atoms with Crippen LogP contribution in [0.4, 0.5) is 11.4 Å². The first-order chi connectivity index (χ1) is 9.61. The first-order valence-corrected chi connectivity index (χ1v) is 6.61. The molecule has 2 aromatic carbocycles. The van der Waals surface area contributed by atoms with Crippen LogP contribution in [0.5, 0.6) is 0 Å². The van der Waals surface area contributed by atoms with E-state index in [9.17, 15) is 4.79 Å². The number of benzene rings is 2. The van der Waals surface area contributed by atoms with Crippen molar-refractivity contribution in [2.24, 2.45) is 5.73 Å². The van der Waals surface area contributed by atoms with Crippen molar-refractivity contribution in [3.05, 3.63) is 59.2 Å². The van der Waals surface area contributed by atoms with Crippen LogP contribution in [0, 0.1) is 0 Å². The summed E-state index contributed by atoms with van der Waals surface area (Å²) in [6.07, 6.45) is 0.992. The molecule has 5 N–H and O–H groups in total. The first-order valence-electron chi connectivity index (χ1n) is 6.61. The number of rotatable bonds is 5. The number of carbonyl (C=O) groups excluding carboxylic acids is 1. The maximum atomic E-state index is 11.3. The highest BCUT2D eigenvalue weighted by Gasteiger charge is 2.07. The number of amides is 1. The second kappa shape index (κ2) is 6.10. The molecular formula is C16H19N3O. The molecule has 4 heteroatoms. The molecule has 0 bridgehead atoms. The second-order valence-corrected chi connectivity index (χ2v) is 4.64. The molecule has 0 spiro atoms. The molecule has 0 fully saturated rings. The summed E-state index contributed by atoms with van der Waals surface area (Å²) in [5.41, 5.74) is 15.1. The topological polar surface area (TPSA) is 81.1 Å². The molecular weight excluding hydrogens is 250 g/mol. The number of hydrogen-bond donors (Lipinski definition) is 3. The third-order valence-corrected chi connectivity index (χ3v) is 3.30. The van der Waals surface area contributed by atoms with Crippen molar-refractivity contribution in [1.82, 2.24) is 0 Å². The minimum atomic E-state index is -0.514. The quantitative estimate of drug-likeness (QED) is 0.730. The SMILES string of the molecule is CCc1ccccc1CNc1ccc(N)c(C(N)=O)c1. The number of hydrogen-bond acceptors (Lipinski definition) is 3. The first kappa shape index (κ1) is 13.9. The summed E-state index contributed by atoms with van der Waals surface area (Å²) in [6.45, 7) is 2.83. The van der Waals surface area contributed by atoms with Gasteiger partial charge >= 0.3 is 0 Å². The lowest BCUT2D eigenvalue weighted by Gasteiger charge is -2.11. The minimum absolute atomic E-state index is 0.346. The molecule has 0 aliphatic carbocycles. The van der Waals surface area contributed by atoms with Gasteiger partial charge in [0.2, 0.25) is 0 Å². The van der Waals surface area contributed by atoms with E-state index in [1.54, 1.807) is 12.1 Å². The van der Waals surface area contributed by atoms with E-state index in [2.05, 4.69) is 24.4 Å². The molecule has 2 aromatic rings. The van der Waals surface area contributed by atoms with Crippen molar-refractivity contribution in [2.45, 2.75) is 19.9 Å². The number of anilines is 2. The summed E-state index contributed by atoms with van der Waals surface area (Å²) in [4.78, 5) is 11.3. The predicted molar refractivity (Wildman–Crippen MR) is 82.5 cm³/mol. The van der Waals surface area contributed by atoms with E-state index in [0.29, 0.717) is 17.8 Å². The maximum Gasteiger partial charge on any atom is 0.250 e. The summed E-state index contributed by atoms with van der Waals surface area (Å²) in [7, 11) is 0. The number of nitrogens with two attached hydrogens (primary N) is 2. The van der Waals surface area contributed by atoms with E-state index in [1.807, 2.05) is 18.2 Å². The molecule has 104 valence electrons. The molecule has 20 heavy (non-hydrogen) atoms. The third kappa shape index (κ3) is 3.09. The van der Waals surface area contributed by atoms with Gasteiger partial charge in [0.15, 0.2) is 0 Å². The molecule has 0 unspecified atom stereocenters. The lowest BCUT2D eigenvalue weighted by molar-refractivity contribution is 0.100. The number of nitrogen functional groups attached to an aromatic ring is 1. The fourth-order valence-electron chi connectivity index (χ4n) is 2.15. The van der Waals surface area contributed by atoms with Crippen LogP contribution in [0.2, 0.25) is 0 Å². The molecule has 1 amide bonds. The Labute approximate surface area is 118 Å². The summed E-state index contributed by atoms with van der Waals surface area (Å²) in [5, 5.41) is 3.29. The Morgan fingerprint density at radius 3 is 2.50 bits per heavy atom. The minimum Gasteiger partial charge on any atom is -0.398 e. The molecule has 0 aliphatic heterocycles. The zero-order valence-electron chi connectivity index (χ0n) is 11.5. The Morgan fingerprint density at radius 2 is 1.85 bits per heavy atom. The smallest absolute Gasteiger partial charge is 0.250 e. The van der Waals surface area contributed by atoms with Crippen LogP contribution in [0.25, 0.3) is 0 Å². The van der Waals surface area contributed by atoms with Gasteiger partial charge in [-0.2, -0.15) is 0 Å². The monoisotopic (exact) mass is 269 g/mol. The summed E-state index contributed by atoms with van der Waals surface area (Å²) < 4.78 is 0. The fourth-order valence-corrected chi connectivity index (χ4v) is 2.15. The molecule has 4 nitrogen and oxygen atoms in total. The van der Waals surface area contributed by atoms with Gasteiger partial charge in [-0.15, -0.1) is 0 Å². The van der Waals surface area contributed by atoms with E-state index in [-0.39, 0.29) is 0 Å². The highest BCUT2D eigenvalue weighted by atomic mass is 16.1. The highest BCUT2D eigenvalue weighted by Crippen LogP contribution is 2.19. The Morgan fingerprint density at radius 1 is 1.15 bits per heavy atom.